The molecule has 0 aliphatic carbocycles. The van der Waals surface area contributed by atoms with Gasteiger partial charge in [-0.1, -0.05) is 10.3 Å². The van der Waals surface area contributed by atoms with E-state index in [-0.39, 0.29) is 6.10 Å². The summed E-state index contributed by atoms with van der Waals surface area (Å²) >= 11 is 0. The van der Waals surface area contributed by atoms with Crippen LogP contribution >= 0.6 is 0 Å². The van der Waals surface area contributed by atoms with Gasteiger partial charge in [-0.2, -0.15) is 4.98 Å². The molecule has 2 aliphatic rings. The lowest BCUT2D eigenvalue weighted by molar-refractivity contribution is 0.0835. The topological polar surface area (TPSA) is 77.4 Å². The summed E-state index contributed by atoms with van der Waals surface area (Å²) in [5.74, 6) is 1.33. The fourth-order valence-corrected chi connectivity index (χ4v) is 2.77. The molecule has 0 unspecified atom stereocenters. The minimum Gasteiger partial charge on any atom is -0.368 e. The summed E-state index contributed by atoms with van der Waals surface area (Å²) in [6, 6.07) is 0. The summed E-state index contributed by atoms with van der Waals surface area (Å²) in [5, 5.41) is 8.04. The van der Waals surface area contributed by atoms with Gasteiger partial charge in [0.15, 0.2) is 5.82 Å². The molecule has 7 nitrogen and oxygen atoms in total. The molecular formula is C13H16N4O3. The van der Waals surface area contributed by atoms with E-state index in [4.69, 9.17) is 13.8 Å². The van der Waals surface area contributed by atoms with E-state index in [2.05, 4.69) is 20.2 Å². The predicted octanol–water partition coefficient (Wildman–Crippen LogP) is 1.47. The first kappa shape index (κ1) is 12.0. The molecule has 106 valence electrons. The predicted molar refractivity (Wildman–Crippen MR) is 66.5 cm³/mol. The van der Waals surface area contributed by atoms with Crippen LogP contribution in [0.3, 0.4) is 0 Å². The standard InChI is InChI=1S/C13H16N4O3/c1-2-11(18-5-1)13-14-12(16-20-13)7-17-4-3-10-9(6-17)8-19-15-10/h8,11H,1-7H2/t11-/m1/s1. The first-order valence-corrected chi connectivity index (χ1v) is 6.97. The van der Waals surface area contributed by atoms with Crippen molar-refractivity contribution in [1.29, 1.82) is 0 Å². The third-order valence-corrected chi connectivity index (χ3v) is 3.84. The Morgan fingerprint density at radius 1 is 1.35 bits per heavy atom. The van der Waals surface area contributed by atoms with Crippen LogP contribution in [-0.4, -0.2) is 33.3 Å². The normalized spacial score (nSPS) is 23.1. The van der Waals surface area contributed by atoms with Crippen LogP contribution in [0, 0.1) is 0 Å². The number of nitrogens with zero attached hydrogens (tertiary/aromatic N) is 4. The monoisotopic (exact) mass is 276 g/mol. The van der Waals surface area contributed by atoms with Crippen molar-refractivity contribution in [2.45, 2.75) is 38.5 Å². The van der Waals surface area contributed by atoms with Crippen molar-refractivity contribution in [2.75, 3.05) is 13.2 Å². The Kier molecular flexibility index (Phi) is 3.00. The molecule has 0 N–H and O–H groups in total. The van der Waals surface area contributed by atoms with Gasteiger partial charge in [-0.3, -0.25) is 4.90 Å². The number of aromatic nitrogens is 3. The Morgan fingerprint density at radius 3 is 3.25 bits per heavy atom. The molecule has 0 saturated carbocycles. The van der Waals surface area contributed by atoms with E-state index in [1.807, 2.05) is 0 Å². The molecule has 7 heteroatoms. The van der Waals surface area contributed by atoms with Crippen LogP contribution in [0.25, 0.3) is 0 Å². The van der Waals surface area contributed by atoms with Crippen LogP contribution in [-0.2, 0) is 24.2 Å². The van der Waals surface area contributed by atoms with Gasteiger partial charge in [0.05, 0.1) is 12.2 Å². The molecule has 2 aromatic rings. The van der Waals surface area contributed by atoms with Crippen LogP contribution in [0.15, 0.2) is 15.3 Å². The van der Waals surface area contributed by atoms with E-state index in [9.17, 15) is 0 Å². The van der Waals surface area contributed by atoms with Gasteiger partial charge in [0.25, 0.3) is 5.89 Å². The summed E-state index contributed by atoms with van der Waals surface area (Å²) in [6.45, 7) is 3.22. The van der Waals surface area contributed by atoms with Gasteiger partial charge in [-0.15, -0.1) is 0 Å². The molecule has 1 saturated heterocycles. The van der Waals surface area contributed by atoms with Gasteiger partial charge in [0.1, 0.15) is 12.4 Å². The van der Waals surface area contributed by atoms with Gasteiger partial charge < -0.3 is 13.8 Å². The van der Waals surface area contributed by atoms with Gasteiger partial charge in [-0.05, 0) is 12.8 Å². The number of fused-ring (bicyclic) bond motifs is 1. The summed E-state index contributed by atoms with van der Waals surface area (Å²) in [4.78, 5) is 6.71. The van der Waals surface area contributed by atoms with Crippen LogP contribution < -0.4 is 0 Å². The zero-order valence-electron chi connectivity index (χ0n) is 11.1. The molecule has 2 aromatic heterocycles. The second-order valence-corrected chi connectivity index (χ2v) is 5.30. The SMILES string of the molecule is c1onc2c1CN(Cc1noc([C@H]3CCCO3)n1)CC2. The molecule has 0 spiro atoms. The minimum atomic E-state index is -0.0118. The molecule has 1 atom stereocenters. The maximum absolute atomic E-state index is 5.55. The van der Waals surface area contributed by atoms with Gasteiger partial charge in [0, 0.05) is 31.7 Å². The van der Waals surface area contributed by atoms with Crippen molar-refractivity contribution in [3.05, 3.63) is 29.2 Å². The van der Waals surface area contributed by atoms with E-state index in [1.54, 1.807) is 6.26 Å². The highest BCUT2D eigenvalue weighted by Crippen LogP contribution is 2.27. The fraction of sp³-hybridized carbons (Fsp3) is 0.615. The Morgan fingerprint density at radius 2 is 2.35 bits per heavy atom. The van der Waals surface area contributed by atoms with E-state index >= 15 is 0 Å². The average molecular weight is 276 g/mol. The first-order chi connectivity index (χ1) is 9.88. The van der Waals surface area contributed by atoms with Crippen molar-refractivity contribution in [2.24, 2.45) is 0 Å². The van der Waals surface area contributed by atoms with Crippen LogP contribution in [0.2, 0.25) is 0 Å². The maximum atomic E-state index is 5.55. The summed E-state index contributed by atoms with van der Waals surface area (Å²) < 4.78 is 15.8. The van der Waals surface area contributed by atoms with Gasteiger partial charge in [-0.25, -0.2) is 0 Å². The largest absolute Gasteiger partial charge is 0.368 e. The molecule has 1 fully saturated rings. The molecule has 2 aliphatic heterocycles. The average Bonchev–Trinajstić information content (AvgIpc) is 3.19. The zero-order valence-corrected chi connectivity index (χ0v) is 11.1. The highest BCUT2D eigenvalue weighted by molar-refractivity contribution is 5.17. The van der Waals surface area contributed by atoms with Gasteiger partial charge in [0.2, 0.25) is 0 Å². The van der Waals surface area contributed by atoms with E-state index < -0.39 is 0 Å². The zero-order chi connectivity index (χ0) is 13.4. The number of rotatable bonds is 3. The highest BCUT2D eigenvalue weighted by Gasteiger charge is 2.25. The smallest absolute Gasteiger partial charge is 0.255 e. The third kappa shape index (κ3) is 2.23. The Bertz CT molecular complexity index is 588. The minimum absolute atomic E-state index is 0.0118. The molecule has 0 aromatic carbocycles. The maximum Gasteiger partial charge on any atom is 0.255 e. The summed E-state index contributed by atoms with van der Waals surface area (Å²) in [6.07, 6.45) is 4.64. The second kappa shape index (κ2) is 4.99. The first-order valence-electron chi connectivity index (χ1n) is 6.97. The molecule has 20 heavy (non-hydrogen) atoms. The number of ether oxygens (including phenoxy) is 1. The summed E-state index contributed by atoms with van der Waals surface area (Å²) in [7, 11) is 0. The summed E-state index contributed by atoms with van der Waals surface area (Å²) in [5.41, 5.74) is 2.22. The van der Waals surface area contributed by atoms with Crippen LogP contribution in [0.1, 0.15) is 41.9 Å². The van der Waals surface area contributed by atoms with Crippen LogP contribution in [0.5, 0.6) is 0 Å². The quantitative estimate of drug-likeness (QED) is 0.839. The number of hydrogen-bond donors (Lipinski definition) is 0. The lowest BCUT2D eigenvalue weighted by Crippen LogP contribution is -2.30. The second-order valence-electron chi connectivity index (χ2n) is 5.30. The van der Waals surface area contributed by atoms with E-state index in [0.29, 0.717) is 12.4 Å². The molecule has 4 rings (SSSR count). The lowest BCUT2D eigenvalue weighted by atomic mass is 10.1. The fourth-order valence-electron chi connectivity index (χ4n) is 2.77. The Labute approximate surface area is 115 Å². The molecule has 4 heterocycles. The van der Waals surface area contributed by atoms with Crippen molar-refractivity contribution in [3.8, 4) is 0 Å². The highest BCUT2D eigenvalue weighted by atomic mass is 16.5. The Hall–Kier alpha value is -1.73. The van der Waals surface area contributed by atoms with Crippen molar-refractivity contribution >= 4 is 0 Å². The Balaban J connectivity index is 1.42. The van der Waals surface area contributed by atoms with E-state index in [0.717, 1.165) is 56.0 Å². The van der Waals surface area contributed by atoms with E-state index in [1.165, 1.54) is 0 Å². The van der Waals surface area contributed by atoms with Crippen LogP contribution in [0.4, 0.5) is 0 Å². The van der Waals surface area contributed by atoms with Crippen molar-refractivity contribution in [3.63, 3.8) is 0 Å². The van der Waals surface area contributed by atoms with Crippen molar-refractivity contribution in [1.82, 2.24) is 20.2 Å². The molecular weight excluding hydrogens is 260 g/mol. The molecule has 0 amide bonds. The molecule has 0 bridgehead atoms. The lowest BCUT2D eigenvalue weighted by Gasteiger charge is -2.23. The molecule has 0 radical (unpaired) electrons. The number of hydrogen-bond acceptors (Lipinski definition) is 7. The third-order valence-electron chi connectivity index (χ3n) is 3.84. The van der Waals surface area contributed by atoms with Crippen molar-refractivity contribution < 1.29 is 13.8 Å². The van der Waals surface area contributed by atoms with Gasteiger partial charge >= 0.3 is 0 Å².